The zero-order chi connectivity index (χ0) is 25.1. The lowest BCUT2D eigenvalue weighted by molar-refractivity contribution is 0.356. The van der Waals surface area contributed by atoms with Gasteiger partial charge in [-0.15, -0.1) is 11.3 Å². The molecule has 0 radical (unpaired) electrons. The zero-order valence-corrected chi connectivity index (χ0v) is 21.6. The van der Waals surface area contributed by atoms with Crippen LogP contribution >= 0.6 is 23.1 Å². The SMILES string of the molecule is COc1cc2ncc3c(N)nc(-c4cncc(CCC(N)CSc5nccs5)c4)cc3c2cc1OC. The first-order valence-corrected chi connectivity index (χ1v) is 13.3. The number of fused-ring (bicyclic) bond motifs is 3. The molecule has 1 aromatic carbocycles. The summed E-state index contributed by atoms with van der Waals surface area (Å²) in [5, 5.41) is 4.61. The van der Waals surface area contributed by atoms with E-state index in [4.69, 9.17) is 20.9 Å². The molecule has 8 nitrogen and oxygen atoms in total. The highest BCUT2D eigenvalue weighted by atomic mass is 32.2. The Labute approximate surface area is 217 Å². The fourth-order valence-electron chi connectivity index (χ4n) is 4.07. The van der Waals surface area contributed by atoms with E-state index in [1.165, 1.54) is 0 Å². The number of thiazole rings is 1. The average molecular weight is 519 g/mol. The Hall–Kier alpha value is -3.47. The third kappa shape index (κ3) is 5.06. The summed E-state index contributed by atoms with van der Waals surface area (Å²) in [7, 11) is 3.22. The topological polar surface area (TPSA) is 122 Å². The van der Waals surface area contributed by atoms with E-state index in [2.05, 4.69) is 26.0 Å². The molecule has 4 aromatic heterocycles. The van der Waals surface area contributed by atoms with E-state index in [1.54, 1.807) is 43.5 Å². The number of nitrogens with two attached hydrogens (primary N) is 2. The molecule has 0 bridgehead atoms. The molecule has 0 spiro atoms. The van der Waals surface area contributed by atoms with E-state index in [9.17, 15) is 0 Å². The number of methoxy groups -OCH3 is 2. The first-order chi connectivity index (χ1) is 17.6. The highest BCUT2D eigenvalue weighted by Crippen LogP contribution is 2.37. The third-order valence-electron chi connectivity index (χ3n) is 5.94. The van der Waals surface area contributed by atoms with Crippen molar-refractivity contribution in [3.05, 3.63) is 60.0 Å². The van der Waals surface area contributed by atoms with Crippen molar-refractivity contribution in [1.29, 1.82) is 0 Å². The van der Waals surface area contributed by atoms with Gasteiger partial charge in [0.2, 0.25) is 0 Å². The van der Waals surface area contributed by atoms with Gasteiger partial charge in [-0.25, -0.2) is 9.97 Å². The van der Waals surface area contributed by atoms with Gasteiger partial charge in [0.25, 0.3) is 0 Å². The first-order valence-electron chi connectivity index (χ1n) is 11.4. The lowest BCUT2D eigenvalue weighted by Crippen LogP contribution is -2.23. The fourth-order valence-corrected chi connectivity index (χ4v) is 5.73. The van der Waals surface area contributed by atoms with Crippen molar-refractivity contribution >= 4 is 50.6 Å². The van der Waals surface area contributed by atoms with E-state index in [1.807, 2.05) is 42.2 Å². The van der Waals surface area contributed by atoms with Crippen LogP contribution in [0.4, 0.5) is 5.82 Å². The zero-order valence-electron chi connectivity index (χ0n) is 20.0. The van der Waals surface area contributed by atoms with Crippen molar-refractivity contribution in [2.24, 2.45) is 5.73 Å². The minimum atomic E-state index is 0.0721. The number of nitrogens with zero attached hydrogens (tertiary/aromatic N) is 4. The van der Waals surface area contributed by atoms with Crippen molar-refractivity contribution in [2.75, 3.05) is 25.7 Å². The molecular formula is C26H26N6O2S2. The van der Waals surface area contributed by atoms with Gasteiger partial charge in [-0.2, -0.15) is 0 Å². The van der Waals surface area contributed by atoms with Crippen LogP contribution in [-0.4, -0.2) is 46.0 Å². The molecule has 0 aliphatic heterocycles. The second kappa shape index (κ2) is 10.7. The highest BCUT2D eigenvalue weighted by Gasteiger charge is 2.14. The molecule has 0 aliphatic carbocycles. The van der Waals surface area contributed by atoms with Gasteiger partial charge in [-0.1, -0.05) is 11.8 Å². The summed E-state index contributed by atoms with van der Waals surface area (Å²) in [5.41, 5.74) is 16.3. The predicted molar refractivity (Wildman–Crippen MR) is 147 cm³/mol. The van der Waals surface area contributed by atoms with Crippen LogP contribution in [0.5, 0.6) is 11.5 Å². The largest absolute Gasteiger partial charge is 0.493 e. The molecule has 0 fully saturated rings. The van der Waals surface area contributed by atoms with Gasteiger partial charge in [0, 0.05) is 64.4 Å². The van der Waals surface area contributed by atoms with Gasteiger partial charge in [0.1, 0.15) is 10.2 Å². The van der Waals surface area contributed by atoms with Gasteiger partial charge >= 0.3 is 0 Å². The number of hydrogen-bond donors (Lipinski definition) is 2. The first kappa shape index (κ1) is 24.2. The number of rotatable bonds is 9. The monoisotopic (exact) mass is 518 g/mol. The van der Waals surface area contributed by atoms with E-state index < -0.39 is 0 Å². The second-order valence-electron chi connectivity index (χ2n) is 8.33. The molecule has 36 heavy (non-hydrogen) atoms. The Morgan fingerprint density at radius 3 is 2.58 bits per heavy atom. The standard InChI is InChI=1S/C26H26N6O2S2/c1-33-23-9-19-18-8-21(32-25(28)20(18)13-31-22(19)10-24(23)34-2)16-7-15(11-29-12-16)3-4-17(27)14-36-26-30-5-6-35-26/h5-13,17H,3-4,14,27H2,1-2H3,(H2,28,32). The van der Waals surface area contributed by atoms with Crippen molar-refractivity contribution in [3.8, 4) is 22.8 Å². The molecule has 1 atom stereocenters. The number of benzene rings is 1. The van der Waals surface area contributed by atoms with Crippen LogP contribution in [0.1, 0.15) is 12.0 Å². The van der Waals surface area contributed by atoms with Gasteiger partial charge in [0.15, 0.2) is 11.5 Å². The van der Waals surface area contributed by atoms with Gasteiger partial charge in [-0.05, 0) is 42.0 Å². The van der Waals surface area contributed by atoms with E-state index in [-0.39, 0.29) is 6.04 Å². The van der Waals surface area contributed by atoms with E-state index in [0.717, 1.165) is 61.4 Å². The van der Waals surface area contributed by atoms with Gasteiger partial charge in [-0.3, -0.25) is 9.97 Å². The summed E-state index contributed by atoms with van der Waals surface area (Å²) in [4.78, 5) is 18.0. The van der Waals surface area contributed by atoms with Crippen LogP contribution in [0.25, 0.3) is 32.9 Å². The Morgan fingerprint density at radius 2 is 1.81 bits per heavy atom. The molecule has 0 saturated heterocycles. The van der Waals surface area contributed by atoms with Crippen LogP contribution in [0.15, 0.2) is 58.8 Å². The molecular weight excluding hydrogens is 492 g/mol. The number of aromatic nitrogens is 4. The molecule has 5 aromatic rings. The van der Waals surface area contributed by atoms with Crippen LogP contribution in [-0.2, 0) is 6.42 Å². The summed E-state index contributed by atoms with van der Waals surface area (Å²) in [6, 6.07) is 7.99. The Kier molecular flexibility index (Phi) is 7.17. The quantitative estimate of drug-likeness (QED) is 0.206. The molecule has 10 heteroatoms. The predicted octanol–water partition coefficient (Wildman–Crippen LogP) is 4.95. The van der Waals surface area contributed by atoms with Gasteiger partial charge < -0.3 is 20.9 Å². The Bertz CT molecular complexity index is 1510. The maximum Gasteiger partial charge on any atom is 0.162 e. The highest BCUT2D eigenvalue weighted by molar-refractivity contribution is 8.01. The van der Waals surface area contributed by atoms with Crippen molar-refractivity contribution < 1.29 is 9.47 Å². The average Bonchev–Trinajstić information content (AvgIpc) is 3.43. The van der Waals surface area contributed by atoms with Crippen LogP contribution in [0.2, 0.25) is 0 Å². The fraction of sp³-hybridized carbons (Fsp3) is 0.231. The Morgan fingerprint density at radius 1 is 0.972 bits per heavy atom. The summed E-state index contributed by atoms with van der Waals surface area (Å²) in [5.74, 6) is 2.50. The lowest BCUT2D eigenvalue weighted by atomic mass is 10.0. The molecule has 0 amide bonds. The molecule has 1 unspecified atom stereocenters. The normalized spacial score (nSPS) is 12.2. The maximum atomic E-state index is 6.37. The van der Waals surface area contributed by atoms with Crippen LogP contribution in [0.3, 0.4) is 0 Å². The number of aryl methyl sites for hydroxylation is 1. The minimum Gasteiger partial charge on any atom is -0.493 e. The molecule has 4 N–H and O–H groups in total. The number of anilines is 1. The summed E-state index contributed by atoms with van der Waals surface area (Å²) in [6.45, 7) is 0. The molecule has 184 valence electrons. The summed E-state index contributed by atoms with van der Waals surface area (Å²) in [6.07, 6.45) is 8.93. The van der Waals surface area contributed by atoms with Crippen molar-refractivity contribution in [3.63, 3.8) is 0 Å². The Balaban J connectivity index is 1.42. The van der Waals surface area contributed by atoms with Crippen LogP contribution < -0.4 is 20.9 Å². The molecule has 0 aliphatic rings. The van der Waals surface area contributed by atoms with Crippen LogP contribution in [0, 0.1) is 0 Å². The second-order valence-corrected chi connectivity index (χ2v) is 10.5. The number of hydrogen-bond acceptors (Lipinski definition) is 10. The third-order valence-corrected chi connectivity index (χ3v) is 8.09. The summed E-state index contributed by atoms with van der Waals surface area (Å²) >= 11 is 3.34. The van der Waals surface area contributed by atoms with Crippen molar-refractivity contribution in [2.45, 2.75) is 23.2 Å². The van der Waals surface area contributed by atoms with E-state index >= 15 is 0 Å². The molecule has 0 saturated carbocycles. The lowest BCUT2D eigenvalue weighted by Gasteiger charge is -2.13. The summed E-state index contributed by atoms with van der Waals surface area (Å²) < 4.78 is 12.0. The number of ether oxygens (including phenoxy) is 2. The maximum absolute atomic E-state index is 6.37. The van der Waals surface area contributed by atoms with Crippen molar-refractivity contribution in [1.82, 2.24) is 19.9 Å². The minimum absolute atomic E-state index is 0.0721. The number of thioether (sulfide) groups is 1. The number of pyridine rings is 3. The smallest absolute Gasteiger partial charge is 0.162 e. The molecule has 4 heterocycles. The number of nitrogen functional groups attached to an aromatic ring is 1. The van der Waals surface area contributed by atoms with Gasteiger partial charge in [0.05, 0.1) is 25.4 Å². The molecule has 5 rings (SSSR count). The van der Waals surface area contributed by atoms with E-state index in [0.29, 0.717) is 17.3 Å².